The average molecular weight is 503 g/mol. The average Bonchev–Trinajstić information content (AvgIpc) is 2.23. The zero-order valence-electron chi connectivity index (χ0n) is 9.89. The second kappa shape index (κ2) is 6.79. The van der Waals surface area contributed by atoms with Gasteiger partial charge in [-0.2, -0.15) is 21.6 Å². The van der Waals surface area contributed by atoms with Crippen LogP contribution in [0.1, 0.15) is 10.4 Å². The Morgan fingerprint density at radius 3 is 2.38 bits per heavy atom. The minimum Gasteiger partial charge on any atom is -0.448 e. The number of hydrogen-bond acceptors (Lipinski definition) is 4. The van der Waals surface area contributed by atoms with Crippen molar-refractivity contribution in [1.82, 2.24) is 0 Å². The molecule has 0 saturated carbocycles. The zero-order valence-corrected chi connectivity index (χ0v) is 14.5. The van der Waals surface area contributed by atoms with Crippen LogP contribution in [-0.4, -0.2) is 37.0 Å². The summed E-state index contributed by atoms with van der Waals surface area (Å²) >= 11 is 4.91. The Morgan fingerprint density at radius 2 is 1.95 bits per heavy atom. The van der Waals surface area contributed by atoms with E-state index in [1.807, 2.05) is 22.6 Å². The van der Waals surface area contributed by atoms with E-state index in [0.717, 1.165) is 0 Å². The monoisotopic (exact) mass is 502 g/mol. The van der Waals surface area contributed by atoms with Gasteiger partial charge in [0, 0.05) is 8.04 Å². The third-order valence-electron chi connectivity index (χ3n) is 2.07. The van der Waals surface area contributed by atoms with E-state index in [1.54, 1.807) is 6.07 Å². The van der Waals surface area contributed by atoms with Gasteiger partial charge in [-0.15, -0.1) is 0 Å². The summed E-state index contributed by atoms with van der Waals surface area (Å²) < 4.78 is 72.7. The highest BCUT2D eigenvalue weighted by Crippen LogP contribution is 2.26. The van der Waals surface area contributed by atoms with E-state index in [9.17, 15) is 26.4 Å². The van der Waals surface area contributed by atoms with E-state index in [4.69, 9.17) is 4.55 Å². The van der Waals surface area contributed by atoms with E-state index in [0.29, 0.717) is 8.04 Å². The molecule has 1 atom stereocenters. The quantitative estimate of drug-likeness (QED) is 0.389. The number of rotatable bonds is 4. The molecule has 21 heavy (non-hydrogen) atoms. The fourth-order valence-corrected chi connectivity index (χ4v) is 3.49. The SMILES string of the molecule is O=C(OC(CS(=O)(=O)O)C(F)(F)F)c1cc(Br)cc(I)c1. The summed E-state index contributed by atoms with van der Waals surface area (Å²) in [6.07, 6.45) is -8.07. The molecule has 1 unspecified atom stereocenters. The molecule has 0 amide bonds. The molecule has 0 radical (unpaired) electrons. The highest BCUT2D eigenvalue weighted by molar-refractivity contribution is 14.1. The van der Waals surface area contributed by atoms with Crippen molar-refractivity contribution < 1.29 is 35.7 Å². The van der Waals surface area contributed by atoms with Crippen LogP contribution in [0.5, 0.6) is 0 Å². The maximum Gasteiger partial charge on any atom is 0.426 e. The van der Waals surface area contributed by atoms with Crippen LogP contribution in [0.2, 0.25) is 0 Å². The Balaban J connectivity index is 3.00. The van der Waals surface area contributed by atoms with Crippen molar-refractivity contribution in [3.63, 3.8) is 0 Å². The molecule has 0 aliphatic carbocycles. The number of esters is 1. The smallest absolute Gasteiger partial charge is 0.426 e. The van der Waals surface area contributed by atoms with E-state index in [-0.39, 0.29) is 5.56 Å². The van der Waals surface area contributed by atoms with Crippen LogP contribution < -0.4 is 0 Å². The van der Waals surface area contributed by atoms with Gasteiger partial charge in [0.05, 0.1) is 5.56 Å². The molecule has 0 heterocycles. The van der Waals surface area contributed by atoms with Crippen molar-refractivity contribution in [3.05, 3.63) is 31.8 Å². The van der Waals surface area contributed by atoms with Crippen molar-refractivity contribution in [2.75, 3.05) is 5.75 Å². The van der Waals surface area contributed by atoms with E-state index >= 15 is 0 Å². The molecule has 1 rings (SSSR count). The fourth-order valence-electron chi connectivity index (χ4n) is 1.26. The predicted octanol–water partition coefficient (Wildman–Crippen LogP) is 3.03. The van der Waals surface area contributed by atoms with Gasteiger partial charge in [-0.25, -0.2) is 4.79 Å². The second-order valence-electron chi connectivity index (χ2n) is 3.84. The summed E-state index contributed by atoms with van der Waals surface area (Å²) in [4.78, 5) is 11.7. The topological polar surface area (TPSA) is 80.7 Å². The number of carbonyl (C=O) groups excluding carboxylic acids is 1. The van der Waals surface area contributed by atoms with Crippen LogP contribution in [0.25, 0.3) is 0 Å². The molecule has 0 fully saturated rings. The van der Waals surface area contributed by atoms with Crippen LogP contribution in [0, 0.1) is 3.57 Å². The van der Waals surface area contributed by atoms with Crippen molar-refractivity contribution in [2.24, 2.45) is 0 Å². The molecule has 0 aliphatic heterocycles. The first-order valence-electron chi connectivity index (χ1n) is 5.07. The summed E-state index contributed by atoms with van der Waals surface area (Å²) in [5.41, 5.74) is -0.182. The number of benzene rings is 1. The Bertz CT molecular complexity index is 626. The Labute approximate surface area is 139 Å². The summed E-state index contributed by atoms with van der Waals surface area (Å²) in [7, 11) is -4.96. The molecule has 0 spiro atoms. The molecular weight excluding hydrogens is 496 g/mol. The van der Waals surface area contributed by atoms with Gasteiger partial charge in [-0.3, -0.25) is 4.55 Å². The number of alkyl halides is 3. The fraction of sp³-hybridized carbons (Fsp3) is 0.300. The normalized spacial score (nSPS) is 13.8. The lowest BCUT2D eigenvalue weighted by Gasteiger charge is -2.19. The predicted molar refractivity (Wildman–Crippen MR) is 78.5 cm³/mol. The maximum absolute atomic E-state index is 12.6. The van der Waals surface area contributed by atoms with Gasteiger partial charge < -0.3 is 4.74 Å². The highest BCUT2D eigenvalue weighted by Gasteiger charge is 2.45. The summed E-state index contributed by atoms with van der Waals surface area (Å²) in [5.74, 6) is -3.10. The minimum atomic E-state index is -5.12. The Kier molecular flexibility index (Phi) is 6.03. The Hall–Kier alpha value is -0.400. The summed E-state index contributed by atoms with van der Waals surface area (Å²) in [6, 6.07) is 4.11. The second-order valence-corrected chi connectivity index (χ2v) is 7.50. The minimum absolute atomic E-state index is 0.182. The molecule has 0 bridgehead atoms. The molecule has 0 saturated heterocycles. The van der Waals surface area contributed by atoms with Gasteiger partial charge in [0.1, 0.15) is 5.75 Å². The van der Waals surface area contributed by atoms with Crippen LogP contribution in [0.3, 0.4) is 0 Å². The van der Waals surface area contributed by atoms with Crippen molar-refractivity contribution in [1.29, 1.82) is 0 Å². The van der Waals surface area contributed by atoms with E-state index < -0.39 is 34.1 Å². The highest BCUT2D eigenvalue weighted by atomic mass is 127. The third kappa shape index (κ3) is 6.48. The third-order valence-corrected chi connectivity index (χ3v) is 3.88. The molecule has 11 heteroatoms. The summed E-state index contributed by atoms with van der Waals surface area (Å²) in [6.45, 7) is 0. The van der Waals surface area contributed by atoms with Crippen molar-refractivity contribution in [3.8, 4) is 0 Å². The number of halogens is 5. The van der Waals surface area contributed by atoms with E-state index in [2.05, 4.69) is 20.7 Å². The van der Waals surface area contributed by atoms with E-state index in [1.165, 1.54) is 12.1 Å². The van der Waals surface area contributed by atoms with Crippen molar-refractivity contribution >= 4 is 54.6 Å². The molecule has 1 aromatic carbocycles. The van der Waals surface area contributed by atoms with Gasteiger partial charge in [0.25, 0.3) is 10.1 Å². The van der Waals surface area contributed by atoms with Gasteiger partial charge in [-0.1, -0.05) is 15.9 Å². The first-order chi connectivity index (χ1) is 9.38. The van der Waals surface area contributed by atoms with Crippen molar-refractivity contribution in [2.45, 2.75) is 12.3 Å². The van der Waals surface area contributed by atoms with Gasteiger partial charge in [-0.05, 0) is 40.8 Å². The lowest BCUT2D eigenvalue weighted by molar-refractivity contribution is -0.197. The molecule has 1 N–H and O–H groups in total. The van der Waals surface area contributed by atoms with Gasteiger partial charge in [0.2, 0.25) is 6.10 Å². The number of carbonyl (C=O) groups is 1. The number of ether oxygens (including phenoxy) is 1. The van der Waals surface area contributed by atoms with Crippen LogP contribution in [-0.2, 0) is 14.9 Å². The largest absolute Gasteiger partial charge is 0.448 e. The van der Waals surface area contributed by atoms with Gasteiger partial charge in [0.15, 0.2) is 0 Å². The standard InChI is InChI=1S/C10H7BrF3IO5S/c11-6-1-5(2-7(15)3-6)9(16)20-8(10(12,13)14)4-21(17,18)19/h1-3,8H,4H2,(H,17,18,19). The van der Waals surface area contributed by atoms with Gasteiger partial charge >= 0.3 is 12.1 Å². The Morgan fingerprint density at radius 1 is 1.38 bits per heavy atom. The molecule has 0 aliphatic rings. The van der Waals surface area contributed by atoms with Crippen LogP contribution in [0.15, 0.2) is 22.7 Å². The lowest BCUT2D eigenvalue weighted by Crippen LogP contribution is -2.39. The molecular formula is C10H7BrF3IO5S. The zero-order chi connectivity index (χ0) is 16.4. The lowest BCUT2D eigenvalue weighted by atomic mass is 10.2. The molecule has 118 valence electrons. The van der Waals surface area contributed by atoms with Crippen LogP contribution in [0.4, 0.5) is 13.2 Å². The molecule has 0 aromatic heterocycles. The first-order valence-corrected chi connectivity index (χ1v) is 8.55. The summed E-state index contributed by atoms with van der Waals surface area (Å²) in [5, 5.41) is 0. The number of hydrogen-bond donors (Lipinski definition) is 1. The first kappa shape index (κ1) is 18.6. The maximum atomic E-state index is 12.6. The van der Waals surface area contributed by atoms with Crippen LogP contribution >= 0.6 is 38.5 Å². The molecule has 5 nitrogen and oxygen atoms in total. The molecule has 1 aromatic rings.